The predicted octanol–water partition coefficient (Wildman–Crippen LogP) is 35.1. The topological polar surface area (TPSA) is 157 Å². The lowest BCUT2D eigenvalue weighted by atomic mass is 10.0. The minimum atomic E-state index is 0.545. The molecule has 9 aromatic heterocycles. The van der Waals surface area contributed by atoms with Crippen LogP contribution in [0.5, 0.6) is 0 Å². The molecule has 150 heavy (non-hydrogen) atoms. The summed E-state index contributed by atoms with van der Waals surface area (Å²) in [4.78, 5) is 46.5. The predicted molar refractivity (Wildman–Crippen MR) is 615 cm³/mol. The van der Waals surface area contributed by atoms with E-state index in [1.807, 2.05) is 72.0 Å². The molecule has 14 nitrogen and oxygen atoms in total. The molecule has 702 valence electrons. The molecule has 0 atom stereocenters. The third kappa shape index (κ3) is 15.8. The zero-order valence-corrected chi connectivity index (χ0v) is 81.4. The molecule has 0 saturated carbocycles. The molecule has 0 amide bonds. The number of furan rings is 2. The first-order valence-electron chi connectivity index (χ1n) is 50.1. The van der Waals surface area contributed by atoms with Gasteiger partial charge in [-0.3, -0.25) is 13.7 Å². The molecule has 0 aliphatic rings. The molecule has 30 rings (SSSR count). The van der Waals surface area contributed by atoms with E-state index in [1.165, 1.54) is 36.5 Å². The van der Waals surface area contributed by atoms with Gasteiger partial charge in [-0.2, -0.15) is 29.9 Å². The number of hydrogen-bond acceptors (Lipinski definition) is 12. The standard InChI is InChI=1S/2C45H28N4O.C45H28N4S/c1-3-12-29(13-4-1)31-22-24-32(25-23-31)43-46-44(34-17-11-16-33(28-34)30-14-5-2-6-15-30)48-45(47-43)49-38-20-9-7-19-37(38)41-39(49)27-26-36-35-18-8-10-21-40(35)50-42(36)41;1-3-11-29(12-4-1)31-19-23-33(24-20-31)43-46-44(34-25-21-32(22-26-34)30-13-5-2-6-14-30)48-45(47-43)49-37-17-9-7-15-35(37)41-38(49)27-28-40-42(41)36-16-8-10-18-39(36)50-40;1-3-12-29(13-4-1)31-22-24-32(25-23-31)43-46-44(34-17-11-16-33(28-34)30-14-5-2-6-15-30)48-45(47-43)49-38-20-9-7-19-37(38)41-39(49)27-26-36-35-18-8-10-21-40(35)50-42(36)41/h3*1-28H. The van der Waals surface area contributed by atoms with Crippen LogP contribution in [0, 0.1) is 0 Å². The van der Waals surface area contributed by atoms with Gasteiger partial charge in [-0.25, -0.2) is 15.0 Å². The minimum absolute atomic E-state index is 0.545. The van der Waals surface area contributed by atoms with E-state index < -0.39 is 0 Å². The fraction of sp³-hybridized carbons (Fsp3) is 0. The van der Waals surface area contributed by atoms with Crippen molar-refractivity contribution in [3.05, 3.63) is 510 Å². The number of fused-ring (bicyclic) bond motifs is 21. The Labute approximate surface area is 864 Å². The van der Waals surface area contributed by atoms with Gasteiger partial charge in [0, 0.05) is 102 Å². The summed E-state index contributed by atoms with van der Waals surface area (Å²) in [5.74, 6) is 5.37. The summed E-state index contributed by atoms with van der Waals surface area (Å²) in [5.41, 5.74) is 28.8. The number of nitrogens with zero attached hydrogens (tertiary/aromatic N) is 12. The van der Waals surface area contributed by atoms with Gasteiger partial charge in [0.05, 0.1) is 38.5 Å². The summed E-state index contributed by atoms with van der Waals surface area (Å²) in [6.45, 7) is 0. The van der Waals surface area contributed by atoms with Crippen LogP contribution in [0.1, 0.15) is 0 Å². The highest BCUT2D eigenvalue weighted by molar-refractivity contribution is 7.26. The molecule has 0 unspecified atom stereocenters. The Hall–Kier alpha value is -20.1. The van der Waals surface area contributed by atoms with Crippen LogP contribution >= 0.6 is 11.3 Å². The molecule has 0 saturated heterocycles. The van der Waals surface area contributed by atoms with Crippen LogP contribution < -0.4 is 0 Å². The summed E-state index contributed by atoms with van der Waals surface area (Å²) in [5, 5.41) is 13.7. The molecule has 0 aliphatic heterocycles. The summed E-state index contributed by atoms with van der Waals surface area (Å²) in [6.07, 6.45) is 0. The number of rotatable bonds is 15. The van der Waals surface area contributed by atoms with E-state index in [-0.39, 0.29) is 0 Å². The van der Waals surface area contributed by atoms with Gasteiger partial charge in [0.15, 0.2) is 34.9 Å². The van der Waals surface area contributed by atoms with Crippen molar-refractivity contribution in [2.75, 3.05) is 0 Å². The van der Waals surface area contributed by atoms with Crippen molar-refractivity contribution in [3.63, 3.8) is 0 Å². The first-order chi connectivity index (χ1) is 74.3. The summed E-state index contributed by atoms with van der Waals surface area (Å²) >= 11 is 1.85. The van der Waals surface area contributed by atoms with Crippen molar-refractivity contribution in [2.45, 2.75) is 0 Å². The third-order valence-electron chi connectivity index (χ3n) is 28.5. The Morgan fingerprint density at radius 2 is 0.433 bits per heavy atom. The molecule has 15 heteroatoms. The van der Waals surface area contributed by atoms with Gasteiger partial charge in [-0.05, 0) is 146 Å². The summed E-state index contributed by atoms with van der Waals surface area (Å²) in [7, 11) is 0. The molecule has 0 bridgehead atoms. The van der Waals surface area contributed by atoms with Crippen molar-refractivity contribution < 1.29 is 8.83 Å². The van der Waals surface area contributed by atoms with Gasteiger partial charge < -0.3 is 8.83 Å². The van der Waals surface area contributed by atoms with Gasteiger partial charge >= 0.3 is 0 Å². The lowest BCUT2D eigenvalue weighted by molar-refractivity contribution is 0.669. The fourth-order valence-corrected chi connectivity index (χ4v) is 22.5. The monoisotopic (exact) mass is 1940 g/mol. The van der Waals surface area contributed by atoms with Gasteiger partial charge in [0.1, 0.15) is 22.3 Å². The number of para-hydroxylation sites is 5. The van der Waals surface area contributed by atoms with Gasteiger partial charge in [-0.1, -0.05) is 431 Å². The van der Waals surface area contributed by atoms with Crippen molar-refractivity contribution >= 4 is 141 Å². The maximum absolute atomic E-state index is 6.55. The number of thiophene rings is 1. The zero-order valence-electron chi connectivity index (χ0n) is 80.6. The van der Waals surface area contributed by atoms with Crippen molar-refractivity contribution in [1.29, 1.82) is 0 Å². The highest BCUT2D eigenvalue weighted by atomic mass is 32.1. The smallest absolute Gasteiger partial charge is 0.238 e. The van der Waals surface area contributed by atoms with Gasteiger partial charge in [0.25, 0.3) is 0 Å². The van der Waals surface area contributed by atoms with E-state index in [0.717, 1.165) is 193 Å². The highest BCUT2D eigenvalue weighted by Gasteiger charge is 2.28. The molecule has 0 N–H and O–H groups in total. The molecule has 0 aliphatic carbocycles. The second-order valence-corrected chi connectivity index (χ2v) is 38.4. The number of hydrogen-bond donors (Lipinski definition) is 0. The van der Waals surface area contributed by atoms with E-state index in [4.69, 9.17) is 53.7 Å². The Morgan fingerprint density at radius 1 is 0.153 bits per heavy atom. The highest BCUT2D eigenvalue weighted by Crippen LogP contribution is 2.48. The van der Waals surface area contributed by atoms with Crippen LogP contribution in [0.15, 0.2) is 518 Å². The normalized spacial score (nSPS) is 11.6. The van der Waals surface area contributed by atoms with Crippen molar-refractivity contribution in [2.24, 2.45) is 0 Å². The second-order valence-electron chi connectivity index (χ2n) is 37.4. The molecule has 21 aromatic carbocycles. The van der Waals surface area contributed by atoms with E-state index in [2.05, 4.69) is 463 Å². The molecule has 0 fully saturated rings. The van der Waals surface area contributed by atoms with E-state index >= 15 is 0 Å². The molecule has 30 aromatic rings. The third-order valence-corrected chi connectivity index (χ3v) is 29.7. The first-order valence-corrected chi connectivity index (χ1v) is 50.9. The Kier molecular flexibility index (Phi) is 21.8. The minimum Gasteiger partial charge on any atom is -0.456 e. The number of aromatic nitrogens is 12. The summed E-state index contributed by atoms with van der Waals surface area (Å²) < 4.78 is 21.9. The van der Waals surface area contributed by atoms with E-state index in [1.54, 1.807) is 0 Å². The average Bonchev–Trinajstić information content (AvgIpc) is 1.57. The average molecular weight is 1940 g/mol. The van der Waals surface area contributed by atoms with Crippen LogP contribution in [0.25, 0.3) is 282 Å². The van der Waals surface area contributed by atoms with Crippen LogP contribution in [0.2, 0.25) is 0 Å². The SMILES string of the molecule is c1ccc(-c2ccc(-c3nc(-c4ccc(-c5ccccc5)cc4)nc(-n4c5ccccc5c5c6c(ccc54)oc4ccccc46)n3)cc2)cc1.c1ccc(-c2ccc(-c3nc(-c4cccc(-c5ccccc5)c4)nc(-n4c5ccccc5c5c6oc7ccccc7c6ccc54)n3)cc2)cc1.c1ccc(-c2ccc(-c3nc(-c4cccc(-c5ccccc5)c4)nc(-n4c5ccccc5c5c6sc7ccccc7c6ccc54)n3)cc2)cc1. The Morgan fingerprint density at radius 3 is 0.847 bits per heavy atom. The first kappa shape index (κ1) is 87.6. The molecular weight excluding hydrogens is 1850 g/mol. The molecule has 9 heterocycles. The lowest BCUT2D eigenvalue weighted by Crippen LogP contribution is -2.06. The van der Waals surface area contributed by atoms with E-state index in [9.17, 15) is 0 Å². The molecule has 0 spiro atoms. The summed E-state index contributed by atoms with van der Waals surface area (Å²) in [6, 6.07) is 177. The van der Waals surface area contributed by atoms with Crippen LogP contribution in [-0.2, 0) is 0 Å². The fourth-order valence-electron chi connectivity index (χ4n) is 21.3. The maximum Gasteiger partial charge on any atom is 0.238 e. The van der Waals surface area contributed by atoms with Gasteiger partial charge in [0.2, 0.25) is 17.8 Å². The van der Waals surface area contributed by atoms with Crippen LogP contribution in [0.4, 0.5) is 0 Å². The molecule has 0 radical (unpaired) electrons. The maximum atomic E-state index is 6.55. The quantitative estimate of drug-likeness (QED) is 0.0962. The molecular formula is C135H84N12O2S. The van der Waals surface area contributed by atoms with E-state index in [0.29, 0.717) is 52.8 Å². The second kappa shape index (κ2) is 37.2. The number of benzene rings is 21. The van der Waals surface area contributed by atoms with Crippen molar-refractivity contribution in [1.82, 2.24) is 58.6 Å². The zero-order chi connectivity index (χ0) is 99.1. The van der Waals surface area contributed by atoms with Crippen molar-refractivity contribution in [3.8, 4) is 153 Å². The Balaban J connectivity index is 0.000000108. The largest absolute Gasteiger partial charge is 0.456 e. The Bertz CT molecular complexity index is 9940. The van der Waals surface area contributed by atoms with Crippen LogP contribution in [-0.4, -0.2) is 58.6 Å². The van der Waals surface area contributed by atoms with Crippen LogP contribution in [0.3, 0.4) is 0 Å². The van der Waals surface area contributed by atoms with Gasteiger partial charge in [-0.15, -0.1) is 11.3 Å². The lowest BCUT2D eigenvalue weighted by Gasteiger charge is -2.12.